The molecule has 2 N–H and O–H groups in total. The summed E-state index contributed by atoms with van der Waals surface area (Å²) in [5, 5.41) is 3.00. The lowest BCUT2D eigenvalue weighted by Crippen LogP contribution is -2.32. The molecule has 96 valence electrons. The molecule has 1 saturated carbocycles. The maximum Gasteiger partial charge on any atom is 0.211 e. The van der Waals surface area contributed by atoms with Crippen molar-refractivity contribution in [3.8, 4) is 0 Å². The summed E-state index contributed by atoms with van der Waals surface area (Å²) in [5.74, 6) is 0.711. The molecule has 16 heavy (non-hydrogen) atoms. The predicted octanol–water partition coefficient (Wildman–Crippen LogP) is 1.10. The molecule has 0 aromatic rings. The Morgan fingerprint density at radius 1 is 1.12 bits per heavy atom. The van der Waals surface area contributed by atoms with Crippen molar-refractivity contribution in [2.45, 2.75) is 38.5 Å². The van der Waals surface area contributed by atoms with Crippen molar-refractivity contribution < 1.29 is 8.42 Å². The molecule has 0 aromatic carbocycles. The molecule has 0 aromatic heterocycles. The maximum atomic E-state index is 11.7. The summed E-state index contributed by atoms with van der Waals surface area (Å²) in [6.45, 7) is 1.40. The van der Waals surface area contributed by atoms with Gasteiger partial charge in [-0.25, -0.2) is 13.1 Å². The second-order valence-corrected chi connectivity index (χ2v) is 6.49. The zero-order valence-corrected chi connectivity index (χ0v) is 11.0. The Morgan fingerprint density at radius 2 is 1.81 bits per heavy atom. The third kappa shape index (κ3) is 5.82. The van der Waals surface area contributed by atoms with Crippen LogP contribution in [-0.4, -0.2) is 34.3 Å². The number of hydrogen-bond acceptors (Lipinski definition) is 3. The Kier molecular flexibility index (Phi) is 6.31. The first-order valence-corrected chi connectivity index (χ1v) is 7.91. The highest BCUT2D eigenvalue weighted by molar-refractivity contribution is 7.89. The fourth-order valence-corrected chi connectivity index (χ4v) is 3.74. The van der Waals surface area contributed by atoms with Crippen molar-refractivity contribution in [1.29, 1.82) is 0 Å². The molecule has 5 heteroatoms. The van der Waals surface area contributed by atoms with Crippen LogP contribution in [0.2, 0.25) is 0 Å². The van der Waals surface area contributed by atoms with Gasteiger partial charge in [-0.3, -0.25) is 0 Å². The maximum absolute atomic E-state index is 11.7. The predicted molar refractivity (Wildman–Crippen MR) is 66.9 cm³/mol. The van der Waals surface area contributed by atoms with Gasteiger partial charge in [-0.1, -0.05) is 19.3 Å². The molecule has 0 spiro atoms. The minimum Gasteiger partial charge on any atom is -0.320 e. The lowest BCUT2D eigenvalue weighted by molar-refractivity contribution is 0.384. The lowest BCUT2D eigenvalue weighted by Gasteiger charge is -2.21. The summed E-state index contributed by atoms with van der Waals surface area (Å²) in [5.41, 5.74) is 0. The van der Waals surface area contributed by atoms with E-state index in [2.05, 4.69) is 10.0 Å². The van der Waals surface area contributed by atoms with Crippen LogP contribution < -0.4 is 10.0 Å². The largest absolute Gasteiger partial charge is 0.320 e. The van der Waals surface area contributed by atoms with Gasteiger partial charge in [-0.15, -0.1) is 0 Å². The van der Waals surface area contributed by atoms with Crippen molar-refractivity contribution >= 4 is 10.0 Å². The monoisotopic (exact) mass is 248 g/mol. The van der Waals surface area contributed by atoms with E-state index >= 15 is 0 Å². The standard InChI is InChI=1S/C11H24N2O2S/c1-12-8-5-9-13-16(14,15)10-11-6-3-2-4-7-11/h11-13H,2-10H2,1H3. The van der Waals surface area contributed by atoms with Gasteiger partial charge >= 0.3 is 0 Å². The molecular formula is C11H24N2O2S. The summed E-state index contributed by atoms with van der Waals surface area (Å²) in [6.07, 6.45) is 6.67. The van der Waals surface area contributed by atoms with Crippen molar-refractivity contribution in [1.82, 2.24) is 10.0 Å². The summed E-state index contributed by atoms with van der Waals surface area (Å²) in [4.78, 5) is 0. The zero-order valence-electron chi connectivity index (χ0n) is 10.2. The SMILES string of the molecule is CNCCCNS(=O)(=O)CC1CCCCC1. The van der Waals surface area contributed by atoms with E-state index < -0.39 is 10.0 Å². The van der Waals surface area contributed by atoms with Crippen molar-refractivity contribution in [2.75, 3.05) is 25.9 Å². The van der Waals surface area contributed by atoms with Gasteiger partial charge in [-0.2, -0.15) is 0 Å². The molecule has 0 bridgehead atoms. The van der Waals surface area contributed by atoms with Gasteiger partial charge in [-0.05, 0) is 38.8 Å². The molecule has 0 saturated heterocycles. The van der Waals surface area contributed by atoms with Crippen molar-refractivity contribution in [3.63, 3.8) is 0 Å². The van der Waals surface area contributed by atoms with Crippen LogP contribution in [0, 0.1) is 5.92 Å². The van der Waals surface area contributed by atoms with Gasteiger partial charge in [0, 0.05) is 6.54 Å². The minimum absolute atomic E-state index is 0.326. The summed E-state index contributed by atoms with van der Waals surface area (Å²) < 4.78 is 26.1. The highest BCUT2D eigenvalue weighted by Gasteiger charge is 2.20. The van der Waals surface area contributed by atoms with Crippen LogP contribution in [-0.2, 0) is 10.0 Å². The van der Waals surface area contributed by atoms with Crippen molar-refractivity contribution in [3.05, 3.63) is 0 Å². The van der Waals surface area contributed by atoms with E-state index in [1.807, 2.05) is 7.05 Å². The summed E-state index contributed by atoms with van der Waals surface area (Å²) >= 11 is 0. The molecule has 0 aliphatic heterocycles. The van der Waals surface area contributed by atoms with Crippen molar-refractivity contribution in [2.24, 2.45) is 5.92 Å². The van der Waals surface area contributed by atoms with E-state index in [4.69, 9.17) is 0 Å². The molecule has 1 rings (SSSR count). The Hall–Kier alpha value is -0.130. The lowest BCUT2D eigenvalue weighted by atomic mass is 9.91. The smallest absolute Gasteiger partial charge is 0.211 e. The molecule has 1 aliphatic carbocycles. The van der Waals surface area contributed by atoms with Crippen LogP contribution in [0.4, 0.5) is 0 Å². The van der Waals surface area contributed by atoms with E-state index in [0.29, 0.717) is 18.2 Å². The van der Waals surface area contributed by atoms with E-state index in [-0.39, 0.29) is 0 Å². The van der Waals surface area contributed by atoms with Gasteiger partial charge in [0.25, 0.3) is 0 Å². The molecule has 1 aliphatic rings. The first-order valence-electron chi connectivity index (χ1n) is 6.26. The molecular weight excluding hydrogens is 224 g/mol. The van der Waals surface area contributed by atoms with Gasteiger partial charge < -0.3 is 5.32 Å². The number of hydrogen-bond donors (Lipinski definition) is 2. The van der Waals surface area contributed by atoms with E-state index in [1.54, 1.807) is 0 Å². The molecule has 0 atom stereocenters. The normalized spacial score (nSPS) is 18.8. The van der Waals surface area contributed by atoms with Gasteiger partial charge in [0.15, 0.2) is 0 Å². The third-order valence-electron chi connectivity index (χ3n) is 3.11. The Morgan fingerprint density at radius 3 is 2.44 bits per heavy atom. The zero-order chi connectivity index (χ0) is 11.9. The molecule has 4 nitrogen and oxygen atoms in total. The molecule has 0 unspecified atom stereocenters. The third-order valence-corrected chi connectivity index (χ3v) is 4.66. The van der Waals surface area contributed by atoms with Crippen LogP contribution in [0.3, 0.4) is 0 Å². The number of nitrogens with one attached hydrogen (secondary N) is 2. The molecule has 0 radical (unpaired) electrons. The molecule has 0 amide bonds. The second kappa shape index (κ2) is 7.25. The van der Waals surface area contributed by atoms with Gasteiger partial charge in [0.2, 0.25) is 10.0 Å². The second-order valence-electron chi connectivity index (χ2n) is 4.64. The highest BCUT2D eigenvalue weighted by Crippen LogP contribution is 2.24. The van der Waals surface area contributed by atoms with Crippen LogP contribution in [0.1, 0.15) is 38.5 Å². The van der Waals surface area contributed by atoms with Crippen LogP contribution >= 0.6 is 0 Å². The fraction of sp³-hybridized carbons (Fsp3) is 1.00. The van der Waals surface area contributed by atoms with E-state index in [0.717, 1.165) is 25.8 Å². The Labute approximate surface area is 99.2 Å². The molecule has 0 heterocycles. The fourth-order valence-electron chi connectivity index (χ4n) is 2.22. The van der Waals surface area contributed by atoms with E-state index in [1.165, 1.54) is 19.3 Å². The van der Waals surface area contributed by atoms with Crippen LogP contribution in [0.25, 0.3) is 0 Å². The Bertz CT molecular complexity index is 272. The number of rotatable bonds is 7. The summed E-state index contributed by atoms with van der Waals surface area (Å²) in [6, 6.07) is 0. The average Bonchev–Trinajstić information content (AvgIpc) is 2.25. The van der Waals surface area contributed by atoms with Gasteiger partial charge in [0.05, 0.1) is 5.75 Å². The average molecular weight is 248 g/mol. The quantitative estimate of drug-likeness (QED) is 0.663. The topological polar surface area (TPSA) is 58.2 Å². The van der Waals surface area contributed by atoms with Crippen LogP contribution in [0.15, 0.2) is 0 Å². The van der Waals surface area contributed by atoms with Crippen LogP contribution in [0.5, 0.6) is 0 Å². The Balaban J connectivity index is 2.22. The summed E-state index contributed by atoms with van der Waals surface area (Å²) in [7, 11) is -1.17. The first-order chi connectivity index (χ1) is 7.64. The van der Waals surface area contributed by atoms with Gasteiger partial charge in [0.1, 0.15) is 0 Å². The number of sulfonamides is 1. The van der Waals surface area contributed by atoms with E-state index in [9.17, 15) is 8.42 Å². The molecule has 1 fully saturated rings. The minimum atomic E-state index is -3.04. The first kappa shape index (κ1) is 13.9. The highest BCUT2D eigenvalue weighted by atomic mass is 32.2.